The van der Waals surface area contributed by atoms with E-state index in [9.17, 15) is 0 Å². The van der Waals surface area contributed by atoms with Crippen LogP contribution in [0.5, 0.6) is 0 Å². The summed E-state index contributed by atoms with van der Waals surface area (Å²) >= 11 is 0. The Morgan fingerprint density at radius 3 is 1.89 bits per heavy atom. The molecule has 0 saturated carbocycles. The molecule has 3 aromatic rings. The average molecular weight is 276 g/mol. The van der Waals surface area contributed by atoms with Crippen molar-refractivity contribution in [3.8, 4) is 11.1 Å². The van der Waals surface area contributed by atoms with E-state index in [0.29, 0.717) is 0 Å². The van der Waals surface area contributed by atoms with Crippen molar-refractivity contribution in [2.45, 2.75) is 6.92 Å². The van der Waals surface area contributed by atoms with Crippen molar-refractivity contribution in [1.82, 2.24) is 0 Å². The first kappa shape index (κ1) is 14.5. The smallest absolute Gasteiger partial charge is 0 e. The number of benzene rings is 1. The Balaban J connectivity index is 0.000000230. The molecular formula is C17H16Fe-6. The Morgan fingerprint density at radius 2 is 1.39 bits per heavy atom. The quantitative estimate of drug-likeness (QED) is 0.443. The first-order valence-corrected chi connectivity index (χ1v) is 5.82. The fourth-order valence-electron chi connectivity index (χ4n) is 1.71. The third kappa shape index (κ3) is 4.37. The Labute approximate surface area is 119 Å². The van der Waals surface area contributed by atoms with Crippen molar-refractivity contribution in [3.05, 3.63) is 84.4 Å². The van der Waals surface area contributed by atoms with Crippen LogP contribution in [0.4, 0.5) is 0 Å². The maximum Gasteiger partial charge on any atom is 0 e. The molecule has 0 aliphatic heterocycles. The molecule has 98 valence electrons. The Hall–Kier alpha value is -1.56. The van der Waals surface area contributed by atoms with Crippen molar-refractivity contribution in [1.29, 1.82) is 0 Å². The Kier molecular flexibility index (Phi) is 6.21. The van der Waals surface area contributed by atoms with Gasteiger partial charge in [-0.25, -0.2) is 0 Å². The van der Waals surface area contributed by atoms with E-state index in [4.69, 9.17) is 0 Å². The molecule has 0 bridgehead atoms. The largest absolute Gasteiger partial charge is 0.748 e. The van der Waals surface area contributed by atoms with Gasteiger partial charge in [0.1, 0.15) is 0 Å². The molecule has 0 aliphatic carbocycles. The monoisotopic (exact) mass is 276 g/mol. The van der Waals surface area contributed by atoms with Crippen LogP contribution in [0, 0.1) is 6.92 Å². The minimum Gasteiger partial charge on any atom is -0.748 e. The third-order valence-corrected chi connectivity index (χ3v) is 2.57. The molecule has 0 spiro atoms. The maximum atomic E-state index is 2.20. The van der Waals surface area contributed by atoms with Gasteiger partial charge in [-0.2, -0.15) is 12.1 Å². The van der Waals surface area contributed by atoms with Gasteiger partial charge in [-0.05, 0) is 6.92 Å². The molecule has 0 unspecified atom stereocenters. The Morgan fingerprint density at radius 1 is 0.833 bits per heavy atom. The van der Waals surface area contributed by atoms with Crippen LogP contribution in [0.2, 0.25) is 0 Å². The molecule has 0 heterocycles. The third-order valence-electron chi connectivity index (χ3n) is 2.57. The molecule has 0 N–H and O–H groups in total. The predicted molar refractivity (Wildman–Crippen MR) is 74.2 cm³/mol. The molecule has 0 aromatic heterocycles. The van der Waals surface area contributed by atoms with Crippen LogP contribution in [-0.4, -0.2) is 0 Å². The summed E-state index contributed by atoms with van der Waals surface area (Å²) in [5, 5.41) is 0. The van der Waals surface area contributed by atoms with E-state index < -0.39 is 0 Å². The molecule has 18 heavy (non-hydrogen) atoms. The zero-order valence-corrected chi connectivity index (χ0v) is 11.5. The summed E-state index contributed by atoms with van der Waals surface area (Å²) in [6.45, 7) is 2.12. The average Bonchev–Trinajstić information content (AvgIpc) is 3.06. The van der Waals surface area contributed by atoms with Gasteiger partial charge in [-0.15, -0.1) is 29.8 Å². The Bertz CT molecular complexity index is 501. The molecule has 0 fully saturated rings. The first-order chi connectivity index (χ1) is 8.36. The molecule has 3 aromatic carbocycles. The summed E-state index contributed by atoms with van der Waals surface area (Å²) in [5.74, 6) is 0. The van der Waals surface area contributed by atoms with E-state index in [-0.39, 0.29) is 17.1 Å². The molecule has 3 rings (SSSR count). The van der Waals surface area contributed by atoms with Gasteiger partial charge in [-0.3, -0.25) is 0 Å². The maximum absolute atomic E-state index is 2.20. The van der Waals surface area contributed by atoms with E-state index in [0.717, 1.165) is 0 Å². The van der Waals surface area contributed by atoms with Crippen LogP contribution in [0.25, 0.3) is 11.1 Å². The van der Waals surface area contributed by atoms with Gasteiger partial charge in [0.2, 0.25) is 0 Å². The van der Waals surface area contributed by atoms with Crippen molar-refractivity contribution in [2.24, 2.45) is 0 Å². The molecule has 0 atom stereocenters. The molecular weight excluding hydrogens is 260 g/mol. The van der Waals surface area contributed by atoms with Crippen molar-refractivity contribution < 1.29 is 17.1 Å². The van der Waals surface area contributed by atoms with Crippen molar-refractivity contribution in [2.75, 3.05) is 0 Å². The van der Waals surface area contributed by atoms with Gasteiger partial charge < -0.3 is 30.3 Å². The molecule has 0 amide bonds. The second-order valence-corrected chi connectivity index (χ2v) is 4.01. The van der Waals surface area contributed by atoms with E-state index in [1.807, 2.05) is 30.3 Å². The van der Waals surface area contributed by atoms with E-state index in [1.54, 1.807) is 0 Å². The van der Waals surface area contributed by atoms with Crippen LogP contribution in [0.15, 0.2) is 78.9 Å². The first-order valence-electron chi connectivity index (χ1n) is 5.82. The summed E-state index contributed by atoms with van der Waals surface area (Å²) < 4.78 is 0. The molecule has 0 saturated heterocycles. The second kappa shape index (κ2) is 7.71. The summed E-state index contributed by atoms with van der Waals surface area (Å²) in [5.41, 5.74) is 3.92. The zero-order chi connectivity index (χ0) is 11.9. The standard InChI is InChI=1S/C12H11.C5H5.Fe/c1-10-5-4-8-12(9-10)11-6-2-3-7-11;1-2-4-5-3-1;/h2-9H,1H3;1-5H;/q-1;-5;. The van der Waals surface area contributed by atoms with Gasteiger partial charge in [0.05, 0.1) is 0 Å². The van der Waals surface area contributed by atoms with Crippen molar-refractivity contribution in [3.63, 3.8) is 0 Å². The van der Waals surface area contributed by atoms with E-state index in [2.05, 4.69) is 55.5 Å². The number of aryl methyl sites for hydroxylation is 1. The number of hydrogen-bond donors (Lipinski definition) is 0. The fourth-order valence-corrected chi connectivity index (χ4v) is 1.71. The summed E-state index contributed by atoms with van der Waals surface area (Å²) in [4.78, 5) is 0. The van der Waals surface area contributed by atoms with Crippen LogP contribution in [-0.2, 0) is 17.1 Å². The minimum absolute atomic E-state index is 0. The predicted octanol–water partition coefficient (Wildman–Crippen LogP) is 4.78. The van der Waals surface area contributed by atoms with Gasteiger partial charge in [0, 0.05) is 17.1 Å². The van der Waals surface area contributed by atoms with Crippen LogP contribution in [0.1, 0.15) is 5.56 Å². The van der Waals surface area contributed by atoms with Crippen LogP contribution in [0.3, 0.4) is 0 Å². The van der Waals surface area contributed by atoms with E-state index >= 15 is 0 Å². The summed E-state index contributed by atoms with van der Waals surface area (Å²) in [6, 6.07) is 27.0. The van der Waals surface area contributed by atoms with E-state index in [1.165, 1.54) is 16.7 Å². The molecule has 0 nitrogen and oxygen atoms in total. The summed E-state index contributed by atoms with van der Waals surface area (Å²) in [7, 11) is 0. The van der Waals surface area contributed by atoms with Gasteiger partial charge >= 0.3 is 0 Å². The summed E-state index contributed by atoms with van der Waals surface area (Å²) in [6.07, 6.45) is 0. The topological polar surface area (TPSA) is 0 Å². The minimum atomic E-state index is 0. The fraction of sp³-hybridized carbons (Fsp3) is 0.0588. The molecule has 0 radical (unpaired) electrons. The van der Waals surface area contributed by atoms with Crippen LogP contribution >= 0.6 is 0 Å². The van der Waals surface area contributed by atoms with Gasteiger partial charge in [-0.1, -0.05) is 23.3 Å². The molecule has 0 aliphatic rings. The SMILES string of the molecule is Cc1cccc(-[c-]2cccc2)c1.[Fe].[cH-]1[cH-][cH-][cH-][cH-]1. The van der Waals surface area contributed by atoms with Gasteiger partial charge in [0.25, 0.3) is 0 Å². The zero-order valence-electron chi connectivity index (χ0n) is 10.4. The number of rotatable bonds is 1. The second-order valence-electron chi connectivity index (χ2n) is 4.01. The molecule has 1 heteroatoms. The van der Waals surface area contributed by atoms with Gasteiger partial charge in [0.15, 0.2) is 0 Å². The number of hydrogen-bond acceptors (Lipinski definition) is 0. The normalized spacial score (nSPS) is 8.94. The van der Waals surface area contributed by atoms with Crippen LogP contribution < -0.4 is 0 Å². The van der Waals surface area contributed by atoms with Crippen molar-refractivity contribution >= 4 is 0 Å².